The molecule has 1 aliphatic rings. The van der Waals surface area contributed by atoms with Gasteiger partial charge in [-0.05, 0) is 36.4 Å². The van der Waals surface area contributed by atoms with E-state index in [1.807, 2.05) is 0 Å². The lowest BCUT2D eigenvalue weighted by atomic mass is 10.1. The monoisotopic (exact) mass is 506 g/mol. The molecule has 2 aromatic rings. The number of piperazine rings is 1. The van der Waals surface area contributed by atoms with E-state index in [1.54, 1.807) is 0 Å². The van der Waals surface area contributed by atoms with E-state index in [0.717, 1.165) is 4.31 Å². The predicted octanol–water partition coefficient (Wildman–Crippen LogP) is 5.54. The summed E-state index contributed by atoms with van der Waals surface area (Å²) >= 11 is 11.8. The van der Waals surface area contributed by atoms with Crippen LogP contribution in [0.15, 0.2) is 41.3 Å². The van der Waals surface area contributed by atoms with Crippen molar-refractivity contribution in [2.24, 2.45) is 0 Å². The van der Waals surface area contributed by atoms with Gasteiger partial charge in [-0.25, -0.2) is 8.42 Å². The molecular formula is C18H14Cl2F6N2O2S. The number of benzene rings is 2. The van der Waals surface area contributed by atoms with Gasteiger partial charge in [0.05, 0.1) is 16.1 Å². The zero-order valence-corrected chi connectivity index (χ0v) is 17.8. The summed E-state index contributed by atoms with van der Waals surface area (Å²) in [6.45, 7) is -0.558. The summed E-state index contributed by atoms with van der Waals surface area (Å²) in [5, 5.41) is 0.0878. The van der Waals surface area contributed by atoms with E-state index in [9.17, 15) is 34.8 Å². The van der Waals surface area contributed by atoms with Crippen molar-refractivity contribution in [1.29, 1.82) is 0 Å². The molecule has 170 valence electrons. The molecule has 0 bridgehead atoms. The standard InChI is InChI=1S/C18H14Cl2F6N2O2S/c19-13-1-2-15(20)16(10-13)31(29,30)28-5-3-27(4-6-28)14-8-11(17(21,22)23)7-12(9-14)18(24,25)26/h1-2,7-10H,3-6H2. The lowest BCUT2D eigenvalue weighted by molar-refractivity contribution is -0.143. The quantitative estimate of drug-likeness (QED) is 0.513. The molecule has 0 aliphatic carbocycles. The molecule has 0 spiro atoms. The third-order valence-electron chi connectivity index (χ3n) is 4.69. The summed E-state index contributed by atoms with van der Waals surface area (Å²) in [7, 11) is -4.05. The molecule has 1 aliphatic heterocycles. The summed E-state index contributed by atoms with van der Waals surface area (Å²) < 4.78 is 105. The fourth-order valence-corrected chi connectivity index (χ4v) is 5.28. The van der Waals surface area contributed by atoms with Gasteiger partial charge in [0.1, 0.15) is 4.90 Å². The Hall–Kier alpha value is -1.69. The van der Waals surface area contributed by atoms with Crippen LogP contribution in [0.25, 0.3) is 0 Å². The topological polar surface area (TPSA) is 40.6 Å². The van der Waals surface area contributed by atoms with Crippen LogP contribution in [0.1, 0.15) is 11.1 Å². The zero-order chi connectivity index (χ0) is 23.2. The van der Waals surface area contributed by atoms with Crippen LogP contribution >= 0.6 is 23.2 Å². The van der Waals surface area contributed by atoms with E-state index in [0.29, 0.717) is 12.1 Å². The molecule has 3 rings (SSSR count). The van der Waals surface area contributed by atoms with E-state index >= 15 is 0 Å². The molecule has 1 heterocycles. The van der Waals surface area contributed by atoms with Gasteiger partial charge in [-0.2, -0.15) is 30.6 Å². The van der Waals surface area contributed by atoms with E-state index in [4.69, 9.17) is 23.2 Å². The smallest absolute Gasteiger partial charge is 0.369 e. The van der Waals surface area contributed by atoms with Crippen molar-refractivity contribution in [3.8, 4) is 0 Å². The lowest BCUT2D eigenvalue weighted by Gasteiger charge is -2.36. The number of rotatable bonds is 3. The van der Waals surface area contributed by atoms with E-state index in [-0.39, 0.29) is 52.9 Å². The van der Waals surface area contributed by atoms with Gasteiger partial charge in [-0.15, -0.1) is 0 Å². The highest BCUT2D eigenvalue weighted by atomic mass is 35.5. The molecule has 0 atom stereocenters. The molecule has 4 nitrogen and oxygen atoms in total. The first kappa shape index (κ1) is 24.0. The second-order valence-electron chi connectivity index (χ2n) is 6.73. The van der Waals surface area contributed by atoms with Crippen LogP contribution in [0.5, 0.6) is 0 Å². The Balaban J connectivity index is 1.86. The summed E-state index contributed by atoms with van der Waals surface area (Å²) in [5.41, 5.74) is -3.16. The number of alkyl halides is 6. The highest BCUT2D eigenvalue weighted by molar-refractivity contribution is 7.89. The number of hydrogen-bond acceptors (Lipinski definition) is 3. The molecule has 1 saturated heterocycles. The van der Waals surface area contributed by atoms with Crippen LogP contribution in [0.4, 0.5) is 32.0 Å². The van der Waals surface area contributed by atoms with Gasteiger partial charge in [0.2, 0.25) is 10.0 Å². The average Bonchev–Trinajstić information content (AvgIpc) is 2.68. The highest BCUT2D eigenvalue weighted by Gasteiger charge is 2.38. The molecule has 0 radical (unpaired) electrons. The maximum absolute atomic E-state index is 13.1. The van der Waals surface area contributed by atoms with Crippen LogP contribution in [-0.2, 0) is 22.4 Å². The SMILES string of the molecule is O=S(=O)(c1cc(Cl)ccc1Cl)N1CCN(c2cc(C(F)(F)F)cc(C(F)(F)F)c2)CC1. The van der Waals surface area contributed by atoms with Gasteiger partial charge < -0.3 is 4.90 Å². The molecule has 13 heteroatoms. The molecule has 31 heavy (non-hydrogen) atoms. The first-order chi connectivity index (χ1) is 14.2. The van der Waals surface area contributed by atoms with Gasteiger partial charge in [0.15, 0.2) is 0 Å². The Morgan fingerprint density at radius 2 is 1.29 bits per heavy atom. The van der Waals surface area contributed by atoms with Gasteiger partial charge in [-0.3, -0.25) is 0 Å². The van der Waals surface area contributed by atoms with E-state index in [1.165, 1.54) is 23.1 Å². The predicted molar refractivity (Wildman–Crippen MR) is 104 cm³/mol. The number of sulfonamides is 1. The van der Waals surface area contributed by atoms with Crippen molar-refractivity contribution in [2.45, 2.75) is 17.2 Å². The third kappa shape index (κ3) is 5.21. The van der Waals surface area contributed by atoms with Crippen LogP contribution in [0.3, 0.4) is 0 Å². The van der Waals surface area contributed by atoms with Crippen molar-refractivity contribution in [3.05, 3.63) is 57.6 Å². The van der Waals surface area contributed by atoms with Crippen molar-refractivity contribution in [2.75, 3.05) is 31.1 Å². The minimum absolute atomic E-state index is 0.0470. The minimum Gasteiger partial charge on any atom is -0.369 e. The Labute approximate surface area is 184 Å². The molecule has 2 aromatic carbocycles. The Kier molecular flexibility index (Phi) is 6.45. The Bertz CT molecular complexity index is 1050. The molecule has 0 aromatic heterocycles. The molecule has 0 N–H and O–H groups in total. The van der Waals surface area contributed by atoms with E-state index < -0.39 is 33.5 Å². The molecule has 0 unspecified atom stereocenters. The second-order valence-corrected chi connectivity index (χ2v) is 9.48. The van der Waals surface area contributed by atoms with Gasteiger partial charge >= 0.3 is 12.4 Å². The molecule has 1 fully saturated rings. The normalized spacial score (nSPS) is 16.6. The lowest BCUT2D eigenvalue weighted by Crippen LogP contribution is -2.48. The van der Waals surface area contributed by atoms with Crippen molar-refractivity contribution in [1.82, 2.24) is 4.31 Å². The number of nitrogens with zero attached hydrogens (tertiary/aromatic N) is 2. The third-order valence-corrected chi connectivity index (χ3v) is 7.30. The minimum atomic E-state index is -4.97. The summed E-state index contributed by atoms with van der Waals surface area (Å²) in [6.07, 6.45) is -9.94. The molecule has 0 saturated carbocycles. The summed E-state index contributed by atoms with van der Waals surface area (Å²) in [4.78, 5) is 1.05. The first-order valence-corrected chi connectivity index (χ1v) is 10.9. The Morgan fingerprint density at radius 1 is 0.774 bits per heavy atom. The van der Waals surface area contributed by atoms with Gasteiger partial charge in [0.25, 0.3) is 0 Å². The summed E-state index contributed by atoms with van der Waals surface area (Å²) in [5.74, 6) is 0. The van der Waals surface area contributed by atoms with Gasteiger partial charge in [-0.1, -0.05) is 23.2 Å². The van der Waals surface area contributed by atoms with Crippen molar-refractivity contribution in [3.63, 3.8) is 0 Å². The largest absolute Gasteiger partial charge is 0.416 e. The highest BCUT2D eigenvalue weighted by Crippen LogP contribution is 2.39. The van der Waals surface area contributed by atoms with Crippen molar-refractivity contribution >= 4 is 38.9 Å². The fraction of sp³-hybridized carbons (Fsp3) is 0.333. The van der Waals surface area contributed by atoms with Crippen LogP contribution in [0.2, 0.25) is 10.0 Å². The first-order valence-electron chi connectivity index (χ1n) is 8.69. The second kappa shape index (κ2) is 8.34. The maximum atomic E-state index is 13.1. The van der Waals surface area contributed by atoms with Gasteiger partial charge in [0, 0.05) is 36.9 Å². The maximum Gasteiger partial charge on any atom is 0.416 e. The number of hydrogen-bond donors (Lipinski definition) is 0. The van der Waals surface area contributed by atoms with Crippen molar-refractivity contribution < 1.29 is 34.8 Å². The van der Waals surface area contributed by atoms with Crippen LogP contribution in [-0.4, -0.2) is 38.9 Å². The van der Waals surface area contributed by atoms with Crippen LogP contribution in [0, 0.1) is 0 Å². The fourth-order valence-electron chi connectivity index (χ4n) is 3.12. The number of halogens is 8. The average molecular weight is 507 g/mol. The Morgan fingerprint density at radius 3 is 1.77 bits per heavy atom. The molecular weight excluding hydrogens is 493 g/mol. The molecule has 0 amide bonds. The zero-order valence-electron chi connectivity index (χ0n) is 15.4. The van der Waals surface area contributed by atoms with Crippen LogP contribution < -0.4 is 4.90 Å². The van der Waals surface area contributed by atoms with E-state index in [2.05, 4.69) is 0 Å². The summed E-state index contributed by atoms with van der Waals surface area (Å²) in [6, 6.07) is 5.18. The number of anilines is 1.